The summed E-state index contributed by atoms with van der Waals surface area (Å²) in [5, 5.41) is 13.1. The summed E-state index contributed by atoms with van der Waals surface area (Å²) in [7, 11) is 0. The molecule has 28 heavy (non-hydrogen) atoms. The van der Waals surface area contributed by atoms with Crippen LogP contribution in [-0.4, -0.2) is 52.5 Å². The number of imide groups is 1. The molecule has 1 heterocycles. The maximum absolute atomic E-state index is 12.9. The number of benzene rings is 1. The highest BCUT2D eigenvalue weighted by molar-refractivity contribution is 6.07. The summed E-state index contributed by atoms with van der Waals surface area (Å²) in [5.74, 6) is 0.338. The van der Waals surface area contributed by atoms with E-state index in [1.165, 1.54) is 13.3 Å². The van der Waals surface area contributed by atoms with Gasteiger partial charge in [0.05, 0.1) is 6.54 Å². The molecule has 0 aromatic heterocycles. The molecule has 1 aromatic carbocycles. The molecule has 0 radical (unpaired) electrons. The SMILES string of the molecule is CC(=O)c1ccc(OC[C@@H](O)CN2C(=O)N[C@@](C)(C3CCCCC3)C2=O)cc1. The van der Waals surface area contributed by atoms with Crippen LogP contribution in [0.1, 0.15) is 56.3 Å². The molecule has 1 aromatic rings. The molecule has 2 fully saturated rings. The lowest BCUT2D eigenvalue weighted by Gasteiger charge is -2.34. The van der Waals surface area contributed by atoms with E-state index in [1.807, 2.05) is 0 Å². The van der Waals surface area contributed by atoms with E-state index < -0.39 is 17.7 Å². The Labute approximate surface area is 165 Å². The molecule has 0 spiro atoms. The Morgan fingerprint density at radius 2 is 1.89 bits per heavy atom. The van der Waals surface area contributed by atoms with Gasteiger partial charge in [0, 0.05) is 5.56 Å². The fourth-order valence-electron chi connectivity index (χ4n) is 4.08. The van der Waals surface area contributed by atoms with Crippen molar-refractivity contribution in [3.63, 3.8) is 0 Å². The number of carbonyl (C=O) groups is 3. The second-order valence-corrected chi connectivity index (χ2v) is 7.93. The quantitative estimate of drug-likeness (QED) is 0.553. The highest BCUT2D eigenvalue weighted by Gasteiger charge is 2.52. The minimum Gasteiger partial charge on any atom is -0.491 e. The van der Waals surface area contributed by atoms with Gasteiger partial charge in [-0.05, 0) is 56.9 Å². The van der Waals surface area contributed by atoms with Crippen molar-refractivity contribution in [3.05, 3.63) is 29.8 Å². The number of aliphatic hydroxyl groups excluding tert-OH is 1. The lowest BCUT2D eigenvalue weighted by molar-refractivity contribution is -0.134. The summed E-state index contributed by atoms with van der Waals surface area (Å²) in [6.07, 6.45) is 4.17. The lowest BCUT2D eigenvalue weighted by atomic mass is 9.75. The lowest BCUT2D eigenvalue weighted by Crippen LogP contribution is -2.51. The Morgan fingerprint density at radius 1 is 1.25 bits per heavy atom. The Kier molecular flexibility index (Phi) is 6.03. The first-order valence-electron chi connectivity index (χ1n) is 9.87. The molecule has 0 unspecified atom stereocenters. The Balaban J connectivity index is 1.56. The highest BCUT2D eigenvalue weighted by Crippen LogP contribution is 2.36. The number of hydrogen-bond acceptors (Lipinski definition) is 5. The molecule has 1 aliphatic carbocycles. The summed E-state index contributed by atoms with van der Waals surface area (Å²) < 4.78 is 5.52. The molecule has 2 N–H and O–H groups in total. The average Bonchev–Trinajstić information content (AvgIpc) is 2.91. The van der Waals surface area contributed by atoms with Crippen LogP contribution in [0, 0.1) is 5.92 Å². The van der Waals surface area contributed by atoms with Gasteiger partial charge in [-0.1, -0.05) is 19.3 Å². The van der Waals surface area contributed by atoms with Crippen molar-refractivity contribution >= 4 is 17.7 Å². The molecule has 3 amide bonds. The number of carbonyl (C=O) groups excluding carboxylic acids is 3. The Morgan fingerprint density at radius 3 is 2.50 bits per heavy atom. The van der Waals surface area contributed by atoms with Crippen LogP contribution in [0.5, 0.6) is 5.75 Å². The van der Waals surface area contributed by atoms with Crippen LogP contribution in [-0.2, 0) is 4.79 Å². The number of ether oxygens (including phenoxy) is 1. The van der Waals surface area contributed by atoms with E-state index >= 15 is 0 Å². The maximum atomic E-state index is 12.9. The monoisotopic (exact) mass is 388 g/mol. The first kappa shape index (κ1) is 20.3. The number of Topliss-reactive ketones (excluding diaryl/α,β-unsaturated/α-hetero) is 1. The van der Waals surface area contributed by atoms with E-state index in [1.54, 1.807) is 31.2 Å². The molecule has 2 atom stereocenters. The van der Waals surface area contributed by atoms with Gasteiger partial charge < -0.3 is 15.2 Å². The minimum atomic E-state index is -1.00. The Hall–Kier alpha value is -2.41. The standard InChI is InChI=1S/C21H28N2O5/c1-14(24)15-8-10-18(11-9-15)28-13-17(25)12-23-19(26)21(2,22-20(23)27)16-6-4-3-5-7-16/h8-11,16-17,25H,3-7,12-13H2,1-2H3,(H,22,27)/t17-,21-/m0/s1. The summed E-state index contributed by atoms with van der Waals surface area (Å²) in [5.41, 5.74) is -0.310. The van der Waals surface area contributed by atoms with Crippen LogP contribution in [0.2, 0.25) is 0 Å². The van der Waals surface area contributed by atoms with Crippen molar-refractivity contribution in [1.29, 1.82) is 0 Å². The smallest absolute Gasteiger partial charge is 0.325 e. The summed E-state index contributed by atoms with van der Waals surface area (Å²) in [6.45, 7) is 3.11. The predicted molar refractivity (Wildman–Crippen MR) is 103 cm³/mol. The third-order valence-electron chi connectivity index (χ3n) is 5.82. The van der Waals surface area contributed by atoms with Crippen LogP contribution in [0.25, 0.3) is 0 Å². The average molecular weight is 388 g/mol. The summed E-state index contributed by atoms with van der Waals surface area (Å²) >= 11 is 0. The van der Waals surface area contributed by atoms with Crippen LogP contribution in [0.15, 0.2) is 24.3 Å². The van der Waals surface area contributed by atoms with Crippen molar-refractivity contribution in [2.75, 3.05) is 13.2 Å². The van der Waals surface area contributed by atoms with Gasteiger partial charge in [-0.3, -0.25) is 14.5 Å². The number of amides is 3. The van der Waals surface area contributed by atoms with Gasteiger partial charge >= 0.3 is 6.03 Å². The topological polar surface area (TPSA) is 95.9 Å². The van der Waals surface area contributed by atoms with Gasteiger partial charge in [0.25, 0.3) is 5.91 Å². The van der Waals surface area contributed by atoms with Crippen molar-refractivity contribution in [1.82, 2.24) is 10.2 Å². The molecule has 1 saturated carbocycles. The Bertz CT molecular complexity index is 742. The summed E-state index contributed by atoms with van der Waals surface area (Å²) in [4.78, 5) is 37.7. The fourth-order valence-corrected chi connectivity index (χ4v) is 4.08. The van der Waals surface area contributed by atoms with Crippen LogP contribution >= 0.6 is 0 Å². The molecule has 7 heteroatoms. The zero-order valence-corrected chi connectivity index (χ0v) is 16.4. The molecular weight excluding hydrogens is 360 g/mol. The van der Waals surface area contributed by atoms with Crippen molar-refractivity contribution in [2.24, 2.45) is 5.92 Å². The zero-order valence-electron chi connectivity index (χ0n) is 16.4. The molecule has 3 rings (SSSR count). The number of aliphatic hydroxyl groups is 1. The predicted octanol–water partition coefficient (Wildman–Crippen LogP) is 2.52. The van der Waals surface area contributed by atoms with Gasteiger partial charge in [-0.15, -0.1) is 0 Å². The van der Waals surface area contributed by atoms with E-state index in [0.717, 1.165) is 30.6 Å². The van der Waals surface area contributed by atoms with E-state index in [9.17, 15) is 19.5 Å². The van der Waals surface area contributed by atoms with Gasteiger partial charge in [0.1, 0.15) is 24.0 Å². The minimum absolute atomic E-state index is 0.0360. The van der Waals surface area contributed by atoms with Crippen LogP contribution < -0.4 is 10.1 Å². The van der Waals surface area contributed by atoms with Crippen molar-refractivity contribution in [2.45, 2.75) is 57.6 Å². The first-order chi connectivity index (χ1) is 13.3. The number of nitrogens with zero attached hydrogens (tertiary/aromatic N) is 1. The van der Waals surface area contributed by atoms with Gasteiger partial charge in [0.2, 0.25) is 0 Å². The van der Waals surface area contributed by atoms with E-state index in [0.29, 0.717) is 11.3 Å². The first-order valence-corrected chi connectivity index (χ1v) is 9.87. The number of urea groups is 1. The molecule has 152 valence electrons. The van der Waals surface area contributed by atoms with Gasteiger partial charge in [-0.25, -0.2) is 4.79 Å². The number of hydrogen-bond donors (Lipinski definition) is 2. The van der Waals surface area contributed by atoms with Crippen molar-refractivity contribution < 1.29 is 24.2 Å². The van der Waals surface area contributed by atoms with E-state index in [-0.39, 0.29) is 30.8 Å². The molecular formula is C21H28N2O5. The second kappa shape index (κ2) is 8.31. The van der Waals surface area contributed by atoms with Crippen LogP contribution in [0.3, 0.4) is 0 Å². The molecule has 7 nitrogen and oxygen atoms in total. The van der Waals surface area contributed by atoms with E-state index in [4.69, 9.17) is 4.74 Å². The van der Waals surface area contributed by atoms with Gasteiger partial charge in [0.15, 0.2) is 5.78 Å². The van der Waals surface area contributed by atoms with Gasteiger partial charge in [-0.2, -0.15) is 0 Å². The summed E-state index contributed by atoms with van der Waals surface area (Å²) in [6, 6.07) is 6.14. The third-order valence-corrected chi connectivity index (χ3v) is 5.82. The fraction of sp³-hybridized carbons (Fsp3) is 0.571. The normalized spacial score (nSPS) is 24.2. The number of β-amino-alcohol motifs (C(OH)–C–C–N with tert-alkyl or cyclic N) is 1. The van der Waals surface area contributed by atoms with Crippen LogP contribution in [0.4, 0.5) is 4.79 Å². The number of nitrogens with one attached hydrogen (secondary N) is 1. The molecule has 0 bridgehead atoms. The molecule has 1 saturated heterocycles. The third kappa shape index (κ3) is 4.19. The largest absolute Gasteiger partial charge is 0.491 e. The number of ketones is 1. The zero-order chi connectivity index (χ0) is 20.3. The molecule has 2 aliphatic rings. The maximum Gasteiger partial charge on any atom is 0.325 e. The number of rotatable bonds is 7. The highest BCUT2D eigenvalue weighted by atomic mass is 16.5. The second-order valence-electron chi connectivity index (χ2n) is 7.93. The molecule has 1 aliphatic heterocycles. The van der Waals surface area contributed by atoms with E-state index in [2.05, 4.69) is 5.32 Å². The van der Waals surface area contributed by atoms with Crippen molar-refractivity contribution in [3.8, 4) is 5.75 Å².